The highest BCUT2D eigenvalue weighted by molar-refractivity contribution is 5.38. The van der Waals surface area contributed by atoms with Crippen molar-refractivity contribution >= 4 is 0 Å². The van der Waals surface area contributed by atoms with Gasteiger partial charge in [0.2, 0.25) is 0 Å². The van der Waals surface area contributed by atoms with Gasteiger partial charge in [0.25, 0.3) is 0 Å². The number of rotatable bonds is 2. The van der Waals surface area contributed by atoms with Gasteiger partial charge in [-0.05, 0) is 35.6 Å². The van der Waals surface area contributed by atoms with E-state index in [9.17, 15) is 0 Å². The number of ether oxygens (including phenoxy) is 2. The molecule has 1 heterocycles. The van der Waals surface area contributed by atoms with Crippen molar-refractivity contribution in [2.75, 3.05) is 13.2 Å². The van der Waals surface area contributed by atoms with E-state index in [-0.39, 0.29) is 11.5 Å². The van der Waals surface area contributed by atoms with E-state index in [1.54, 1.807) is 0 Å². The first kappa shape index (κ1) is 12.4. The minimum absolute atomic E-state index is 0.194. The smallest absolute Gasteiger partial charge is 0.124 e. The van der Waals surface area contributed by atoms with Gasteiger partial charge >= 0.3 is 0 Å². The molecular weight excluding hydrogens is 212 g/mol. The van der Waals surface area contributed by atoms with Crippen LogP contribution in [0.5, 0.6) is 5.75 Å². The lowest BCUT2D eigenvalue weighted by molar-refractivity contribution is 0.141. The van der Waals surface area contributed by atoms with Crippen molar-refractivity contribution in [3.05, 3.63) is 29.3 Å². The molecule has 2 nitrogen and oxygen atoms in total. The standard InChI is InChI=1S/C15H22O2/c1-11-9-12(17-13-7-8-16-10-13)5-6-14(11)15(2,3)4/h5-6,9,13H,7-8,10H2,1-4H3/t13-/m1/s1. The average molecular weight is 234 g/mol. The first-order chi connectivity index (χ1) is 7.97. The molecule has 1 aliphatic rings. The molecule has 2 heteroatoms. The second-order valence-corrected chi connectivity index (χ2v) is 5.83. The fraction of sp³-hybridized carbons (Fsp3) is 0.600. The van der Waals surface area contributed by atoms with Crippen LogP contribution < -0.4 is 4.74 Å². The molecule has 1 aromatic carbocycles. The summed E-state index contributed by atoms with van der Waals surface area (Å²) in [6, 6.07) is 6.39. The summed E-state index contributed by atoms with van der Waals surface area (Å²) >= 11 is 0. The Balaban J connectivity index is 2.13. The van der Waals surface area contributed by atoms with E-state index < -0.39 is 0 Å². The first-order valence-electron chi connectivity index (χ1n) is 6.32. The zero-order chi connectivity index (χ0) is 12.5. The van der Waals surface area contributed by atoms with Crippen LogP contribution >= 0.6 is 0 Å². The van der Waals surface area contributed by atoms with E-state index in [1.165, 1.54) is 11.1 Å². The van der Waals surface area contributed by atoms with Crippen LogP contribution in [0, 0.1) is 6.92 Å². The third-order valence-electron chi connectivity index (χ3n) is 3.20. The van der Waals surface area contributed by atoms with Crippen molar-refractivity contribution in [1.29, 1.82) is 0 Å². The average Bonchev–Trinajstić information content (AvgIpc) is 2.68. The molecule has 1 aromatic rings. The Hall–Kier alpha value is -1.02. The van der Waals surface area contributed by atoms with E-state index in [0.717, 1.165) is 25.4 Å². The summed E-state index contributed by atoms with van der Waals surface area (Å²) in [5.41, 5.74) is 2.88. The Morgan fingerprint density at radius 1 is 1.29 bits per heavy atom. The Bertz CT molecular complexity index is 384. The summed E-state index contributed by atoms with van der Waals surface area (Å²) in [7, 11) is 0. The molecule has 0 bridgehead atoms. The largest absolute Gasteiger partial charge is 0.488 e. The van der Waals surface area contributed by atoms with Crippen LogP contribution in [0.25, 0.3) is 0 Å². The topological polar surface area (TPSA) is 18.5 Å². The number of hydrogen-bond donors (Lipinski definition) is 0. The van der Waals surface area contributed by atoms with Gasteiger partial charge in [-0.1, -0.05) is 26.8 Å². The van der Waals surface area contributed by atoms with Gasteiger partial charge in [0.1, 0.15) is 11.9 Å². The lowest BCUT2D eigenvalue weighted by Crippen LogP contribution is -2.17. The number of hydrogen-bond acceptors (Lipinski definition) is 2. The lowest BCUT2D eigenvalue weighted by Gasteiger charge is -2.22. The molecule has 0 amide bonds. The third kappa shape index (κ3) is 3.01. The molecule has 1 saturated heterocycles. The van der Waals surface area contributed by atoms with Gasteiger partial charge in [-0.3, -0.25) is 0 Å². The van der Waals surface area contributed by atoms with Gasteiger partial charge in [0.05, 0.1) is 13.2 Å². The van der Waals surface area contributed by atoms with Crippen LogP contribution in [0.4, 0.5) is 0 Å². The second-order valence-electron chi connectivity index (χ2n) is 5.83. The molecule has 0 saturated carbocycles. The molecule has 0 unspecified atom stereocenters. The second kappa shape index (κ2) is 4.69. The summed E-state index contributed by atoms with van der Waals surface area (Å²) in [6.07, 6.45) is 1.23. The molecule has 0 radical (unpaired) electrons. The Labute approximate surface area is 104 Å². The van der Waals surface area contributed by atoms with Crippen molar-refractivity contribution < 1.29 is 9.47 Å². The van der Waals surface area contributed by atoms with Crippen molar-refractivity contribution in [2.45, 2.75) is 45.6 Å². The van der Waals surface area contributed by atoms with E-state index in [1.807, 2.05) is 0 Å². The fourth-order valence-electron chi connectivity index (χ4n) is 2.35. The monoisotopic (exact) mass is 234 g/mol. The van der Waals surface area contributed by atoms with Crippen molar-refractivity contribution in [3.63, 3.8) is 0 Å². The predicted octanol–water partition coefficient (Wildman–Crippen LogP) is 3.46. The Kier molecular flexibility index (Phi) is 3.43. The van der Waals surface area contributed by atoms with Gasteiger partial charge in [-0.15, -0.1) is 0 Å². The molecule has 17 heavy (non-hydrogen) atoms. The van der Waals surface area contributed by atoms with Gasteiger partial charge in [-0.2, -0.15) is 0 Å². The number of benzene rings is 1. The summed E-state index contributed by atoms with van der Waals surface area (Å²) in [6.45, 7) is 10.4. The van der Waals surface area contributed by atoms with E-state index >= 15 is 0 Å². The zero-order valence-corrected chi connectivity index (χ0v) is 11.2. The Morgan fingerprint density at radius 2 is 2.06 bits per heavy atom. The molecular formula is C15H22O2. The fourth-order valence-corrected chi connectivity index (χ4v) is 2.35. The molecule has 0 spiro atoms. The highest BCUT2D eigenvalue weighted by atomic mass is 16.5. The minimum Gasteiger partial charge on any atom is -0.488 e. The summed E-state index contributed by atoms with van der Waals surface area (Å²) in [5.74, 6) is 0.964. The maximum atomic E-state index is 5.90. The number of aryl methyl sites for hydroxylation is 1. The molecule has 0 N–H and O–H groups in total. The van der Waals surface area contributed by atoms with Crippen LogP contribution in [0.15, 0.2) is 18.2 Å². The lowest BCUT2D eigenvalue weighted by atomic mass is 9.84. The minimum atomic E-state index is 0.194. The summed E-state index contributed by atoms with van der Waals surface area (Å²) < 4.78 is 11.2. The summed E-state index contributed by atoms with van der Waals surface area (Å²) in [4.78, 5) is 0. The van der Waals surface area contributed by atoms with Crippen LogP contribution in [-0.2, 0) is 10.2 Å². The molecule has 1 fully saturated rings. The summed E-state index contributed by atoms with van der Waals surface area (Å²) in [5, 5.41) is 0. The van der Waals surface area contributed by atoms with Gasteiger partial charge in [-0.25, -0.2) is 0 Å². The van der Waals surface area contributed by atoms with Crippen LogP contribution in [0.2, 0.25) is 0 Å². The zero-order valence-electron chi connectivity index (χ0n) is 11.2. The first-order valence-corrected chi connectivity index (χ1v) is 6.32. The van der Waals surface area contributed by atoms with E-state index in [4.69, 9.17) is 9.47 Å². The van der Waals surface area contributed by atoms with Crippen molar-refractivity contribution in [2.24, 2.45) is 0 Å². The molecule has 0 aliphatic carbocycles. The Morgan fingerprint density at radius 3 is 2.59 bits per heavy atom. The molecule has 1 atom stereocenters. The normalized spacial score (nSPS) is 20.6. The molecule has 1 aliphatic heterocycles. The van der Waals surface area contributed by atoms with Gasteiger partial charge in [0.15, 0.2) is 0 Å². The van der Waals surface area contributed by atoms with E-state index in [2.05, 4.69) is 45.9 Å². The molecule has 94 valence electrons. The van der Waals surface area contributed by atoms with Crippen molar-refractivity contribution in [1.82, 2.24) is 0 Å². The quantitative estimate of drug-likeness (QED) is 0.780. The highest BCUT2D eigenvalue weighted by Crippen LogP contribution is 2.29. The molecule has 2 rings (SSSR count). The maximum absolute atomic E-state index is 5.90. The van der Waals surface area contributed by atoms with Crippen LogP contribution in [-0.4, -0.2) is 19.3 Å². The van der Waals surface area contributed by atoms with Gasteiger partial charge in [0, 0.05) is 6.42 Å². The van der Waals surface area contributed by atoms with Crippen LogP contribution in [0.1, 0.15) is 38.3 Å². The SMILES string of the molecule is Cc1cc(O[C@@H]2CCOC2)ccc1C(C)(C)C. The predicted molar refractivity (Wildman–Crippen MR) is 69.7 cm³/mol. The van der Waals surface area contributed by atoms with Crippen LogP contribution in [0.3, 0.4) is 0 Å². The third-order valence-corrected chi connectivity index (χ3v) is 3.20. The van der Waals surface area contributed by atoms with Crippen molar-refractivity contribution in [3.8, 4) is 5.75 Å². The van der Waals surface area contributed by atoms with E-state index in [0.29, 0.717) is 0 Å². The molecule has 0 aromatic heterocycles. The maximum Gasteiger partial charge on any atom is 0.124 e. The highest BCUT2D eigenvalue weighted by Gasteiger charge is 2.19. The van der Waals surface area contributed by atoms with Gasteiger partial charge < -0.3 is 9.47 Å².